The van der Waals surface area contributed by atoms with E-state index in [-0.39, 0.29) is 5.41 Å². The van der Waals surface area contributed by atoms with Gasteiger partial charge in [-0.15, -0.1) is 0 Å². The number of rotatable bonds is 2. The number of hydrogen-bond acceptors (Lipinski definition) is 2. The maximum absolute atomic E-state index is 11.4. The highest BCUT2D eigenvalue weighted by Crippen LogP contribution is 2.65. The third kappa shape index (κ3) is 1.31. The number of halogens is 1. The number of aliphatic carboxylic acids is 1. The van der Waals surface area contributed by atoms with Crippen molar-refractivity contribution < 1.29 is 9.90 Å². The van der Waals surface area contributed by atoms with E-state index >= 15 is 0 Å². The molecule has 0 aliphatic heterocycles. The van der Waals surface area contributed by atoms with Gasteiger partial charge in [0.2, 0.25) is 0 Å². The maximum Gasteiger partial charge on any atom is 0.314 e. The average Bonchev–Trinajstić information content (AvgIpc) is 2.71. The number of carbonyl (C=O) groups is 1. The molecule has 0 amide bonds. The smallest absolute Gasteiger partial charge is 0.314 e. The minimum absolute atomic E-state index is 0.178. The van der Waals surface area contributed by atoms with Gasteiger partial charge in [0.25, 0.3) is 0 Å². The number of carboxylic acids is 1. The van der Waals surface area contributed by atoms with Gasteiger partial charge in [-0.05, 0) is 39.4 Å². The molecular formula is C11H12BrNO2. The molecule has 0 saturated heterocycles. The molecule has 1 unspecified atom stereocenters. The topological polar surface area (TPSA) is 50.2 Å². The molecule has 1 fully saturated rings. The van der Waals surface area contributed by atoms with Gasteiger partial charge in [0.15, 0.2) is 0 Å². The zero-order valence-corrected chi connectivity index (χ0v) is 10.2. The van der Waals surface area contributed by atoms with E-state index in [1.807, 2.05) is 13.8 Å². The van der Waals surface area contributed by atoms with Gasteiger partial charge in [0, 0.05) is 16.9 Å². The number of pyridine rings is 1. The summed E-state index contributed by atoms with van der Waals surface area (Å²) in [5, 5.41) is 9.38. The van der Waals surface area contributed by atoms with Gasteiger partial charge in [-0.25, -0.2) is 0 Å². The van der Waals surface area contributed by atoms with Crippen molar-refractivity contribution in [2.45, 2.75) is 25.7 Å². The van der Waals surface area contributed by atoms with Crippen LogP contribution in [0, 0.1) is 5.41 Å². The second kappa shape index (κ2) is 3.04. The largest absolute Gasteiger partial charge is 0.481 e. The van der Waals surface area contributed by atoms with Crippen LogP contribution in [0.1, 0.15) is 25.8 Å². The van der Waals surface area contributed by atoms with Crippen molar-refractivity contribution in [2.24, 2.45) is 5.41 Å². The number of nitrogens with zero attached hydrogens (tertiary/aromatic N) is 1. The first-order valence-corrected chi connectivity index (χ1v) is 5.54. The lowest BCUT2D eigenvalue weighted by atomic mass is 9.89. The zero-order valence-electron chi connectivity index (χ0n) is 8.62. The van der Waals surface area contributed by atoms with Crippen molar-refractivity contribution in [2.75, 3.05) is 0 Å². The van der Waals surface area contributed by atoms with Crippen LogP contribution in [0.2, 0.25) is 0 Å². The molecular weight excluding hydrogens is 258 g/mol. The van der Waals surface area contributed by atoms with Crippen molar-refractivity contribution in [1.82, 2.24) is 4.98 Å². The standard InChI is InChI=1S/C11H12BrNO2/c1-10(2)6-11(10,9(14)15)7-3-4-13-5-8(7)12/h3-5H,6H2,1-2H3,(H,14,15). The van der Waals surface area contributed by atoms with Gasteiger partial charge < -0.3 is 5.11 Å². The van der Waals surface area contributed by atoms with Crippen LogP contribution in [0.5, 0.6) is 0 Å². The Balaban J connectivity index is 2.55. The Morgan fingerprint density at radius 1 is 1.60 bits per heavy atom. The summed E-state index contributed by atoms with van der Waals surface area (Å²) in [6, 6.07) is 1.78. The summed E-state index contributed by atoms with van der Waals surface area (Å²) in [7, 11) is 0. The van der Waals surface area contributed by atoms with Gasteiger partial charge in [-0.2, -0.15) is 0 Å². The molecule has 2 rings (SSSR count). The van der Waals surface area contributed by atoms with Gasteiger partial charge in [-0.1, -0.05) is 13.8 Å². The fourth-order valence-corrected chi connectivity index (χ4v) is 2.87. The molecule has 1 aliphatic carbocycles. The van der Waals surface area contributed by atoms with E-state index in [1.54, 1.807) is 18.5 Å². The Morgan fingerprint density at radius 2 is 2.20 bits per heavy atom. The molecule has 0 radical (unpaired) electrons. The van der Waals surface area contributed by atoms with Crippen molar-refractivity contribution >= 4 is 21.9 Å². The molecule has 3 nitrogen and oxygen atoms in total. The molecule has 15 heavy (non-hydrogen) atoms. The summed E-state index contributed by atoms with van der Waals surface area (Å²) in [5.74, 6) is -0.751. The molecule has 1 saturated carbocycles. The third-order valence-corrected chi connectivity index (χ3v) is 3.97. The van der Waals surface area contributed by atoms with Crippen LogP contribution in [0.3, 0.4) is 0 Å². The van der Waals surface area contributed by atoms with E-state index in [9.17, 15) is 9.90 Å². The SMILES string of the molecule is CC1(C)CC1(C(=O)O)c1ccncc1Br. The summed E-state index contributed by atoms with van der Waals surface area (Å²) in [6.07, 6.45) is 3.96. The second-order valence-corrected chi connectivity index (χ2v) is 5.48. The first-order valence-electron chi connectivity index (χ1n) is 4.75. The summed E-state index contributed by atoms with van der Waals surface area (Å²) < 4.78 is 0.776. The van der Waals surface area contributed by atoms with E-state index in [2.05, 4.69) is 20.9 Å². The minimum atomic E-state index is -0.751. The van der Waals surface area contributed by atoms with Crippen molar-refractivity contribution in [3.8, 4) is 0 Å². The molecule has 80 valence electrons. The lowest BCUT2D eigenvalue weighted by molar-refractivity contribution is -0.141. The summed E-state index contributed by atoms with van der Waals surface area (Å²) in [6.45, 7) is 3.96. The fraction of sp³-hybridized carbons (Fsp3) is 0.455. The predicted molar refractivity (Wildman–Crippen MR) is 59.6 cm³/mol. The highest BCUT2D eigenvalue weighted by molar-refractivity contribution is 9.10. The summed E-state index contributed by atoms with van der Waals surface area (Å²) in [4.78, 5) is 15.4. The molecule has 1 heterocycles. The van der Waals surface area contributed by atoms with Crippen LogP contribution >= 0.6 is 15.9 Å². The van der Waals surface area contributed by atoms with E-state index in [4.69, 9.17) is 0 Å². The predicted octanol–water partition coefficient (Wildman–Crippen LogP) is 2.60. The maximum atomic E-state index is 11.4. The highest BCUT2D eigenvalue weighted by Gasteiger charge is 2.68. The fourth-order valence-electron chi connectivity index (χ4n) is 2.28. The Hall–Kier alpha value is -0.900. The first kappa shape index (κ1) is 10.6. The van der Waals surface area contributed by atoms with Crippen molar-refractivity contribution in [1.29, 1.82) is 0 Å². The normalized spacial score (nSPS) is 27.4. The molecule has 1 aromatic rings. The van der Waals surface area contributed by atoms with Crippen LogP contribution in [0.15, 0.2) is 22.9 Å². The molecule has 1 atom stereocenters. The minimum Gasteiger partial charge on any atom is -0.481 e. The van der Waals surface area contributed by atoms with Crippen molar-refractivity contribution in [3.05, 3.63) is 28.5 Å². The molecule has 1 aromatic heterocycles. The van der Waals surface area contributed by atoms with Gasteiger partial charge in [-0.3, -0.25) is 9.78 Å². The second-order valence-electron chi connectivity index (χ2n) is 4.63. The Kier molecular flexibility index (Phi) is 2.15. The average molecular weight is 270 g/mol. The van der Waals surface area contributed by atoms with Crippen LogP contribution in [0.4, 0.5) is 0 Å². The third-order valence-electron chi connectivity index (χ3n) is 3.33. The molecule has 1 N–H and O–H groups in total. The van der Waals surface area contributed by atoms with Gasteiger partial charge >= 0.3 is 5.97 Å². The first-order chi connectivity index (χ1) is 6.92. The van der Waals surface area contributed by atoms with Gasteiger partial charge in [0.05, 0.1) is 5.41 Å². The van der Waals surface area contributed by atoms with E-state index < -0.39 is 11.4 Å². The van der Waals surface area contributed by atoms with Crippen LogP contribution in [-0.4, -0.2) is 16.1 Å². The Bertz CT molecular complexity index is 430. The molecule has 0 spiro atoms. The number of aromatic nitrogens is 1. The quantitative estimate of drug-likeness (QED) is 0.898. The summed E-state index contributed by atoms with van der Waals surface area (Å²) >= 11 is 3.37. The zero-order chi connectivity index (χ0) is 11.3. The Labute approximate surface area is 96.7 Å². The van der Waals surface area contributed by atoms with Crippen LogP contribution in [-0.2, 0) is 10.2 Å². The van der Waals surface area contributed by atoms with E-state index in [0.29, 0.717) is 6.42 Å². The molecule has 0 bridgehead atoms. The summed E-state index contributed by atoms with van der Waals surface area (Å²) in [5.41, 5.74) is -0.0905. The van der Waals surface area contributed by atoms with Crippen molar-refractivity contribution in [3.63, 3.8) is 0 Å². The molecule has 4 heteroatoms. The highest BCUT2D eigenvalue weighted by atomic mass is 79.9. The van der Waals surface area contributed by atoms with Crippen LogP contribution < -0.4 is 0 Å². The lowest BCUT2D eigenvalue weighted by Gasteiger charge is -2.17. The monoisotopic (exact) mass is 269 g/mol. The van der Waals surface area contributed by atoms with Crippen LogP contribution in [0.25, 0.3) is 0 Å². The molecule has 0 aromatic carbocycles. The number of carboxylic acid groups (broad SMARTS) is 1. The number of hydrogen-bond donors (Lipinski definition) is 1. The Morgan fingerprint density at radius 3 is 2.60 bits per heavy atom. The van der Waals surface area contributed by atoms with Gasteiger partial charge in [0.1, 0.15) is 0 Å². The van der Waals surface area contributed by atoms with E-state index in [1.165, 1.54) is 0 Å². The molecule has 1 aliphatic rings. The van der Waals surface area contributed by atoms with E-state index in [0.717, 1.165) is 10.0 Å². The lowest BCUT2D eigenvalue weighted by Crippen LogP contribution is -2.26.